The van der Waals surface area contributed by atoms with Crippen molar-refractivity contribution < 1.29 is 5.11 Å². The van der Waals surface area contributed by atoms with E-state index in [4.69, 9.17) is 0 Å². The van der Waals surface area contributed by atoms with Crippen molar-refractivity contribution in [3.05, 3.63) is 11.1 Å². The van der Waals surface area contributed by atoms with E-state index < -0.39 is 0 Å². The van der Waals surface area contributed by atoms with E-state index in [9.17, 15) is 5.11 Å². The molecule has 1 nitrogen and oxygen atoms in total. The highest BCUT2D eigenvalue weighted by Gasteiger charge is 2.41. The van der Waals surface area contributed by atoms with Crippen LogP contribution in [0.5, 0.6) is 0 Å². The lowest BCUT2D eigenvalue weighted by atomic mass is 9.61. The van der Waals surface area contributed by atoms with Gasteiger partial charge in [-0.25, -0.2) is 0 Å². The molecule has 3 atom stereocenters. The molecule has 0 aromatic rings. The molecule has 1 fully saturated rings. The molecule has 0 heterocycles. The Bertz CT molecular complexity index is 288. The summed E-state index contributed by atoms with van der Waals surface area (Å²) >= 11 is 0. The van der Waals surface area contributed by atoms with Crippen molar-refractivity contribution in [3.63, 3.8) is 0 Å². The highest BCUT2D eigenvalue weighted by atomic mass is 16.3. The van der Waals surface area contributed by atoms with Crippen molar-refractivity contribution in [3.8, 4) is 0 Å². The summed E-state index contributed by atoms with van der Waals surface area (Å²) in [7, 11) is 0. The Morgan fingerprint density at radius 1 is 1.27 bits per heavy atom. The number of aliphatic hydroxyl groups is 1. The Morgan fingerprint density at radius 2 is 1.93 bits per heavy atom. The fourth-order valence-electron chi connectivity index (χ4n) is 3.57. The SMILES string of the molecule is CC1=C2[C@@H](CC(C)(C)C[C@@H]2O)C(C)CC1. The molecular formula is C14H24O. The number of hydrogen-bond acceptors (Lipinski definition) is 1. The molecule has 0 radical (unpaired) electrons. The largest absolute Gasteiger partial charge is 0.389 e. The first-order chi connectivity index (χ1) is 6.91. The van der Waals surface area contributed by atoms with Gasteiger partial charge in [-0.15, -0.1) is 0 Å². The first-order valence-electron chi connectivity index (χ1n) is 6.28. The van der Waals surface area contributed by atoms with Gasteiger partial charge in [0.05, 0.1) is 6.10 Å². The molecule has 15 heavy (non-hydrogen) atoms. The maximum atomic E-state index is 10.3. The van der Waals surface area contributed by atoms with Crippen molar-refractivity contribution in [2.24, 2.45) is 17.3 Å². The maximum absolute atomic E-state index is 10.3. The summed E-state index contributed by atoms with van der Waals surface area (Å²) < 4.78 is 0. The van der Waals surface area contributed by atoms with Crippen LogP contribution in [0.15, 0.2) is 11.1 Å². The summed E-state index contributed by atoms with van der Waals surface area (Å²) in [5, 5.41) is 10.3. The van der Waals surface area contributed by atoms with Crippen molar-refractivity contribution in [2.45, 2.75) is 59.5 Å². The summed E-state index contributed by atoms with van der Waals surface area (Å²) in [6, 6.07) is 0. The first kappa shape index (κ1) is 11.2. The van der Waals surface area contributed by atoms with E-state index in [2.05, 4.69) is 27.7 Å². The van der Waals surface area contributed by atoms with Gasteiger partial charge in [0.1, 0.15) is 0 Å². The van der Waals surface area contributed by atoms with Crippen LogP contribution in [0, 0.1) is 17.3 Å². The van der Waals surface area contributed by atoms with Gasteiger partial charge in [0, 0.05) is 0 Å². The number of aliphatic hydroxyl groups excluding tert-OH is 1. The molecule has 2 aliphatic rings. The second kappa shape index (κ2) is 3.62. The Morgan fingerprint density at radius 3 is 2.60 bits per heavy atom. The van der Waals surface area contributed by atoms with E-state index in [1.54, 1.807) is 0 Å². The van der Waals surface area contributed by atoms with Crippen molar-refractivity contribution in [1.29, 1.82) is 0 Å². The van der Waals surface area contributed by atoms with Gasteiger partial charge in [0.2, 0.25) is 0 Å². The lowest BCUT2D eigenvalue weighted by Crippen LogP contribution is -2.39. The molecule has 1 unspecified atom stereocenters. The van der Waals surface area contributed by atoms with Gasteiger partial charge < -0.3 is 5.11 Å². The molecular weight excluding hydrogens is 184 g/mol. The number of hydrogen-bond donors (Lipinski definition) is 1. The van der Waals surface area contributed by atoms with Crippen LogP contribution in [0.1, 0.15) is 53.4 Å². The van der Waals surface area contributed by atoms with Crippen molar-refractivity contribution in [1.82, 2.24) is 0 Å². The molecule has 1 N–H and O–H groups in total. The standard InChI is InChI=1S/C14H24O/c1-9-5-6-10(2)13-11(9)7-14(3,4)8-12(13)15/h9,11-12,15H,5-8H2,1-4H3/t9?,11-,12-/m0/s1. The molecule has 2 aliphatic carbocycles. The van der Waals surface area contributed by atoms with E-state index in [0.29, 0.717) is 11.3 Å². The highest BCUT2D eigenvalue weighted by Crippen LogP contribution is 2.49. The monoisotopic (exact) mass is 208 g/mol. The zero-order valence-corrected chi connectivity index (χ0v) is 10.5. The molecule has 0 bridgehead atoms. The molecule has 0 amide bonds. The van der Waals surface area contributed by atoms with Crippen LogP contribution in [-0.4, -0.2) is 11.2 Å². The third kappa shape index (κ3) is 1.99. The summed E-state index contributed by atoms with van der Waals surface area (Å²) in [6.45, 7) is 9.16. The van der Waals surface area contributed by atoms with Crippen molar-refractivity contribution in [2.75, 3.05) is 0 Å². The fourth-order valence-corrected chi connectivity index (χ4v) is 3.57. The minimum atomic E-state index is -0.165. The lowest BCUT2D eigenvalue weighted by molar-refractivity contribution is 0.0616. The molecule has 0 spiro atoms. The van der Waals surface area contributed by atoms with Crippen LogP contribution in [0.3, 0.4) is 0 Å². The Hall–Kier alpha value is -0.300. The van der Waals surface area contributed by atoms with Crippen molar-refractivity contribution >= 4 is 0 Å². The maximum Gasteiger partial charge on any atom is 0.0760 e. The van der Waals surface area contributed by atoms with E-state index in [1.807, 2.05) is 0 Å². The Balaban J connectivity index is 2.33. The minimum absolute atomic E-state index is 0.165. The van der Waals surface area contributed by atoms with Crippen LogP contribution in [0.25, 0.3) is 0 Å². The average Bonchev–Trinajstić information content (AvgIpc) is 2.09. The van der Waals surface area contributed by atoms with E-state index in [1.165, 1.54) is 30.4 Å². The first-order valence-corrected chi connectivity index (χ1v) is 6.28. The van der Waals surface area contributed by atoms with Gasteiger partial charge in [-0.1, -0.05) is 26.3 Å². The van der Waals surface area contributed by atoms with Gasteiger partial charge in [0.15, 0.2) is 0 Å². The summed E-state index contributed by atoms with van der Waals surface area (Å²) in [5.41, 5.74) is 3.19. The predicted molar refractivity (Wildman–Crippen MR) is 63.6 cm³/mol. The Labute approximate surface area is 93.6 Å². The minimum Gasteiger partial charge on any atom is -0.389 e. The molecule has 2 rings (SSSR count). The van der Waals surface area contributed by atoms with Gasteiger partial charge in [-0.2, -0.15) is 0 Å². The summed E-state index contributed by atoms with van der Waals surface area (Å²) in [5.74, 6) is 1.41. The van der Waals surface area contributed by atoms with Gasteiger partial charge in [0.25, 0.3) is 0 Å². The Kier molecular flexibility index (Phi) is 2.70. The zero-order chi connectivity index (χ0) is 11.2. The number of fused-ring (bicyclic) bond motifs is 1. The van der Waals surface area contributed by atoms with E-state index >= 15 is 0 Å². The topological polar surface area (TPSA) is 20.2 Å². The predicted octanol–water partition coefficient (Wildman–Crippen LogP) is 3.53. The average molecular weight is 208 g/mol. The molecule has 0 aromatic heterocycles. The summed E-state index contributed by atoms with van der Waals surface area (Å²) in [4.78, 5) is 0. The van der Waals surface area contributed by atoms with Gasteiger partial charge >= 0.3 is 0 Å². The normalized spacial score (nSPS) is 40.2. The van der Waals surface area contributed by atoms with E-state index in [0.717, 1.165) is 12.3 Å². The van der Waals surface area contributed by atoms with Gasteiger partial charge in [-0.3, -0.25) is 0 Å². The molecule has 86 valence electrons. The quantitative estimate of drug-likeness (QED) is 0.604. The number of allylic oxidation sites excluding steroid dienone is 1. The third-order valence-electron chi connectivity index (χ3n) is 4.43. The lowest BCUT2D eigenvalue weighted by Gasteiger charge is -2.46. The van der Waals surface area contributed by atoms with Crippen LogP contribution >= 0.6 is 0 Å². The molecule has 0 aromatic carbocycles. The molecule has 0 aliphatic heterocycles. The third-order valence-corrected chi connectivity index (χ3v) is 4.43. The second-order valence-electron chi connectivity index (χ2n) is 6.45. The van der Waals surface area contributed by atoms with Crippen LogP contribution in [-0.2, 0) is 0 Å². The smallest absolute Gasteiger partial charge is 0.0760 e. The van der Waals surface area contributed by atoms with E-state index in [-0.39, 0.29) is 6.10 Å². The van der Waals surface area contributed by atoms with Crippen LogP contribution in [0.4, 0.5) is 0 Å². The highest BCUT2D eigenvalue weighted by molar-refractivity contribution is 5.26. The number of rotatable bonds is 0. The summed E-state index contributed by atoms with van der Waals surface area (Å²) in [6.07, 6.45) is 4.55. The molecule has 1 heteroatoms. The second-order valence-corrected chi connectivity index (χ2v) is 6.45. The molecule has 1 saturated carbocycles. The fraction of sp³-hybridized carbons (Fsp3) is 0.857. The van der Waals surface area contributed by atoms with Crippen LogP contribution < -0.4 is 0 Å². The van der Waals surface area contributed by atoms with Gasteiger partial charge in [-0.05, 0) is 55.4 Å². The zero-order valence-electron chi connectivity index (χ0n) is 10.5. The molecule has 0 saturated heterocycles. The van der Waals surface area contributed by atoms with Crippen LogP contribution in [0.2, 0.25) is 0 Å².